The molecular formula is C25H27F3N4O3. The number of aromatic nitrogens is 2. The Hall–Kier alpha value is -3.40. The van der Waals surface area contributed by atoms with Crippen molar-refractivity contribution in [1.82, 2.24) is 14.9 Å². The molecule has 1 aliphatic heterocycles. The molecule has 0 unspecified atom stereocenters. The van der Waals surface area contributed by atoms with Crippen LogP contribution >= 0.6 is 0 Å². The third-order valence-electron chi connectivity index (χ3n) is 6.35. The molecule has 3 aromatic rings. The molecule has 1 amide bonds. The molecule has 1 saturated heterocycles. The molecular weight excluding hydrogens is 461 g/mol. The monoisotopic (exact) mass is 488 g/mol. The molecule has 2 heterocycles. The van der Waals surface area contributed by atoms with Gasteiger partial charge in [0.15, 0.2) is 0 Å². The van der Waals surface area contributed by atoms with E-state index in [0.29, 0.717) is 24.3 Å². The first-order valence-corrected chi connectivity index (χ1v) is 11.5. The highest BCUT2D eigenvalue weighted by Crippen LogP contribution is 2.37. The zero-order valence-corrected chi connectivity index (χ0v) is 19.4. The van der Waals surface area contributed by atoms with E-state index < -0.39 is 23.3 Å². The molecule has 35 heavy (non-hydrogen) atoms. The van der Waals surface area contributed by atoms with Crippen LogP contribution in [0.2, 0.25) is 0 Å². The van der Waals surface area contributed by atoms with Gasteiger partial charge in [-0.3, -0.25) is 9.59 Å². The molecule has 1 aromatic heterocycles. The number of aliphatic hydroxyl groups is 1. The summed E-state index contributed by atoms with van der Waals surface area (Å²) in [5, 5.41) is 12.5. The summed E-state index contributed by atoms with van der Waals surface area (Å²) in [7, 11) is 0. The number of nitrogens with zero attached hydrogens (tertiary/aromatic N) is 2. The molecule has 4 rings (SSSR count). The summed E-state index contributed by atoms with van der Waals surface area (Å²) in [5.41, 5.74) is -0.457. The van der Waals surface area contributed by atoms with Crippen LogP contribution in [0.15, 0.2) is 41.2 Å². The van der Waals surface area contributed by atoms with Crippen LogP contribution in [0.4, 0.5) is 18.9 Å². The van der Waals surface area contributed by atoms with Gasteiger partial charge in [-0.1, -0.05) is 0 Å². The summed E-state index contributed by atoms with van der Waals surface area (Å²) < 4.78 is 41.5. The number of halogens is 3. The molecule has 0 bridgehead atoms. The zero-order valence-electron chi connectivity index (χ0n) is 19.4. The summed E-state index contributed by atoms with van der Waals surface area (Å²) >= 11 is 0. The Balaban J connectivity index is 1.57. The van der Waals surface area contributed by atoms with E-state index in [1.165, 1.54) is 13.0 Å². The lowest BCUT2D eigenvalue weighted by Crippen LogP contribution is -2.40. The van der Waals surface area contributed by atoms with Gasteiger partial charge in [0.1, 0.15) is 5.82 Å². The number of hydrogen-bond donors (Lipinski definition) is 3. The van der Waals surface area contributed by atoms with E-state index in [-0.39, 0.29) is 40.7 Å². The number of aromatic amines is 1. The molecule has 0 saturated carbocycles. The summed E-state index contributed by atoms with van der Waals surface area (Å²) in [5.74, 6) is 0.171. The van der Waals surface area contributed by atoms with Crippen LogP contribution in [-0.2, 0) is 6.18 Å². The molecule has 7 nitrogen and oxygen atoms in total. The van der Waals surface area contributed by atoms with Crippen molar-refractivity contribution in [2.75, 3.05) is 25.0 Å². The van der Waals surface area contributed by atoms with Gasteiger partial charge >= 0.3 is 6.18 Å². The fraction of sp³-hybridized carbons (Fsp3) is 0.400. The average Bonchev–Trinajstić information content (AvgIpc) is 2.82. The van der Waals surface area contributed by atoms with Gasteiger partial charge < -0.3 is 20.3 Å². The molecule has 2 atom stereocenters. The van der Waals surface area contributed by atoms with Gasteiger partial charge in [0.05, 0.1) is 16.5 Å². The summed E-state index contributed by atoms with van der Waals surface area (Å²) in [4.78, 5) is 33.4. The maximum Gasteiger partial charge on any atom is 0.416 e. The quantitative estimate of drug-likeness (QED) is 0.498. The number of nitrogens with one attached hydrogen (secondary N) is 2. The van der Waals surface area contributed by atoms with Crippen molar-refractivity contribution in [2.45, 2.75) is 38.9 Å². The maximum absolute atomic E-state index is 13.8. The lowest BCUT2D eigenvalue weighted by molar-refractivity contribution is -0.138. The second-order valence-electron chi connectivity index (χ2n) is 8.99. The molecule has 0 spiro atoms. The van der Waals surface area contributed by atoms with Crippen LogP contribution in [0.3, 0.4) is 0 Å². The number of aryl methyl sites for hydroxylation is 1. The van der Waals surface area contributed by atoms with E-state index in [4.69, 9.17) is 0 Å². The number of benzene rings is 2. The van der Waals surface area contributed by atoms with Crippen molar-refractivity contribution in [3.05, 3.63) is 69.3 Å². The minimum absolute atomic E-state index is 0.0152. The number of carbonyl (C=O) groups is 1. The van der Waals surface area contributed by atoms with Gasteiger partial charge in [-0.05, 0) is 74.6 Å². The van der Waals surface area contributed by atoms with E-state index >= 15 is 0 Å². The highest BCUT2D eigenvalue weighted by Gasteiger charge is 2.35. The first-order chi connectivity index (χ1) is 16.6. The smallest absolute Gasteiger partial charge is 0.396 e. The first-order valence-electron chi connectivity index (χ1n) is 11.5. The van der Waals surface area contributed by atoms with E-state index in [2.05, 4.69) is 15.3 Å². The van der Waals surface area contributed by atoms with Gasteiger partial charge in [-0.15, -0.1) is 0 Å². The second kappa shape index (κ2) is 9.69. The van der Waals surface area contributed by atoms with Crippen LogP contribution in [0.1, 0.15) is 53.1 Å². The van der Waals surface area contributed by atoms with Gasteiger partial charge in [-0.25, -0.2) is 4.98 Å². The van der Waals surface area contributed by atoms with E-state index in [1.807, 2.05) is 0 Å². The van der Waals surface area contributed by atoms with Crippen molar-refractivity contribution >= 4 is 22.5 Å². The number of amides is 1. The van der Waals surface area contributed by atoms with Crippen LogP contribution in [0.5, 0.6) is 0 Å². The lowest BCUT2D eigenvalue weighted by Gasteiger charge is -2.32. The number of likely N-dealkylation sites (tertiary alicyclic amines) is 1. The Labute approximate surface area is 200 Å². The third kappa shape index (κ3) is 5.32. The van der Waals surface area contributed by atoms with Gasteiger partial charge in [0.2, 0.25) is 0 Å². The average molecular weight is 489 g/mol. The number of anilines is 1. The number of aliphatic hydroxyl groups excluding tert-OH is 1. The predicted octanol–water partition coefficient (Wildman–Crippen LogP) is 4.27. The normalized spacial score (nSPS) is 17.4. The standard InChI is InChI=1S/C25H27F3N4O3/c1-14(19-10-20-22(11-21(19)25(26,27)28)30-15(2)31-23(20)34)29-18-7-5-17(6-8-18)24(35)32-9-3-4-16(12-32)13-33/h5-8,10-11,14,16,29,33H,3-4,9,12-13H2,1-2H3,(H,30,31,34)/t14-,16+/m0/s1. The number of hydrogen-bond acceptors (Lipinski definition) is 5. The maximum atomic E-state index is 13.8. The highest BCUT2D eigenvalue weighted by atomic mass is 19.4. The van der Waals surface area contributed by atoms with E-state index in [0.717, 1.165) is 18.9 Å². The van der Waals surface area contributed by atoms with Crippen molar-refractivity contribution in [1.29, 1.82) is 0 Å². The van der Waals surface area contributed by atoms with Crippen LogP contribution in [-0.4, -0.2) is 45.6 Å². The minimum Gasteiger partial charge on any atom is -0.396 e. The number of H-pyrrole nitrogens is 1. The Kier molecular flexibility index (Phi) is 6.84. The van der Waals surface area contributed by atoms with Gasteiger partial charge in [0.25, 0.3) is 11.5 Å². The fourth-order valence-electron chi connectivity index (χ4n) is 4.54. The Morgan fingerprint density at radius 1 is 1.29 bits per heavy atom. The molecule has 0 radical (unpaired) electrons. The number of rotatable bonds is 5. The van der Waals surface area contributed by atoms with Gasteiger partial charge in [-0.2, -0.15) is 13.2 Å². The number of fused-ring (bicyclic) bond motifs is 1. The second-order valence-corrected chi connectivity index (χ2v) is 8.99. The number of piperidine rings is 1. The summed E-state index contributed by atoms with van der Waals surface area (Å²) in [6, 6.07) is 7.89. The molecule has 10 heteroatoms. The molecule has 2 aromatic carbocycles. The van der Waals surface area contributed by atoms with Crippen molar-refractivity contribution in [2.24, 2.45) is 5.92 Å². The van der Waals surface area contributed by atoms with Crippen molar-refractivity contribution in [3.63, 3.8) is 0 Å². The fourth-order valence-corrected chi connectivity index (χ4v) is 4.54. The molecule has 3 N–H and O–H groups in total. The van der Waals surface area contributed by atoms with E-state index in [9.17, 15) is 27.9 Å². The Bertz CT molecular complexity index is 1290. The van der Waals surface area contributed by atoms with Crippen molar-refractivity contribution < 1.29 is 23.1 Å². The third-order valence-corrected chi connectivity index (χ3v) is 6.35. The zero-order chi connectivity index (χ0) is 25.3. The van der Waals surface area contributed by atoms with E-state index in [1.54, 1.807) is 36.1 Å². The topological polar surface area (TPSA) is 98.3 Å². The SMILES string of the molecule is Cc1nc2cc(C(F)(F)F)c([C@H](C)Nc3ccc(C(=O)N4CCC[C@@H](CO)C4)cc3)cc2c(=O)[nH]1. The summed E-state index contributed by atoms with van der Waals surface area (Å²) in [6.45, 7) is 4.26. The van der Waals surface area contributed by atoms with Crippen LogP contribution < -0.4 is 10.9 Å². The Morgan fingerprint density at radius 3 is 2.66 bits per heavy atom. The van der Waals surface area contributed by atoms with Crippen molar-refractivity contribution in [3.8, 4) is 0 Å². The molecule has 1 aliphatic rings. The highest BCUT2D eigenvalue weighted by molar-refractivity contribution is 5.94. The number of alkyl halides is 3. The van der Waals surface area contributed by atoms with Gasteiger partial charge in [0, 0.05) is 37.0 Å². The lowest BCUT2D eigenvalue weighted by atomic mass is 9.97. The van der Waals surface area contributed by atoms with Crippen LogP contribution in [0, 0.1) is 12.8 Å². The predicted molar refractivity (Wildman–Crippen MR) is 126 cm³/mol. The molecule has 1 fully saturated rings. The molecule has 186 valence electrons. The van der Waals surface area contributed by atoms with Crippen LogP contribution in [0.25, 0.3) is 10.9 Å². The molecule has 0 aliphatic carbocycles. The largest absolute Gasteiger partial charge is 0.416 e. The number of carbonyl (C=O) groups excluding carboxylic acids is 1. The minimum atomic E-state index is -4.63. The first kappa shape index (κ1) is 24.7. The Morgan fingerprint density at radius 2 is 2.00 bits per heavy atom. The summed E-state index contributed by atoms with van der Waals surface area (Å²) in [6.07, 6.45) is -2.91.